The molecule has 0 aliphatic heterocycles. The average molecular weight is 396 g/mol. The predicted molar refractivity (Wildman–Crippen MR) is 123 cm³/mol. The Morgan fingerprint density at radius 3 is 2.33 bits per heavy atom. The van der Waals surface area contributed by atoms with Gasteiger partial charge < -0.3 is 10.6 Å². The van der Waals surface area contributed by atoms with Crippen molar-refractivity contribution in [3.8, 4) is 11.3 Å². The van der Waals surface area contributed by atoms with Gasteiger partial charge in [0.25, 0.3) is 0 Å². The van der Waals surface area contributed by atoms with Gasteiger partial charge in [-0.25, -0.2) is 4.98 Å². The molecular weight excluding hydrogens is 370 g/mol. The molecular formula is C25H25N5. The van der Waals surface area contributed by atoms with Gasteiger partial charge in [0.05, 0.1) is 5.69 Å². The normalized spacial score (nSPS) is 10.8. The number of benzene rings is 2. The molecule has 0 saturated heterocycles. The molecule has 4 rings (SSSR count). The van der Waals surface area contributed by atoms with Crippen molar-refractivity contribution < 1.29 is 0 Å². The number of pyridine rings is 1. The van der Waals surface area contributed by atoms with Crippen molar-refractivity contribution >= 4 is 17.5 Å². The third kappa shape index (κ3) is 4.81. The van der Waals surface area contributed by atoms with E-state index in [0.29, 0.717) is 18.4 Å². The van der Waals surface area contributed by atoms with Gasteiger partial charge in [-0.05, 0) is 35.2 Å². The fraction of sp³-hybridized carbons (Fsp3) is 0.160. The molecule has 2 heterocycles. The Hall–Kier alpha value is -3.73. The van der Waals surface area contributed by atoms with Crippen molar-refractivity contribution in [1.29, 1.82) is 0 Å². The highest BCUT2D eigenvalue weighted by Gasteiger charge is 2.10. The summed E-state index contributed by atoms with van der Waals surface area (Å²) in [5, 5.41) is 6.85. The van der Waals surface area contributed by atoms with Gasteiger partial charge in [0, 0.05) is 36.3 Å². The molecule has 2 aromatic carbocycles. The zero-order chi connectivity index (χ0) is 20.8. The number of aromatic nitrogens is 3. The Balaban J connectivity index is 1.67. The van der Waals surface area contributed by atoms with E-state index in [9.17, 15) is 0 Å². The van der Waals surface area contributed by atoms with Crippen molar-refractivity contribution in [3.05, 3.63) is 96.3 Å². The first-order valence-corrected chi connectivity index (χ1v) is 10.1. The summed E-state index contributed by atoms with van der Waals surface area (Å²) in [4.78, 5) is 13.5. The highest BCUT2D eigenvalue weighted by molar-refractivity contribution is 5.68. The SMILES string of the molecule is CC(C)c1ccccc1Nc1cc(-c2ccccc2)nc(NCc2ccncc2)n1. The minimum atomic E-state index is 0.411. The van der Waals surface area contributed by atoms with Gasteiger partial charge >= 0.3 is 0 Å². The van der Waals surface area contributed by atoms with Gasteiger partial charge in [-0.15, -0.1) is 0 Å². The first-order valence-electron chi connectivity index (χ1n) is 10.1. The van der Waals surface area contributed by atoms with Crippen LogP contribution in [0.5, 0.6) is 0 Å². The van der Waals surface area contributed by atoms with E-state index in [2.05, 4.69) is 59.8 Å². The van der Waals surface area contributed by atoms with Gasteiger partial charge in [0.1, 0.15) is 5.82 Å². The topological polar surface area (TPSA) is 62.7 Å². The first kappa shape index (κ1) is 19.6. The van der Waals surface area contributed by atoms with Crippen LogP contribution in [-0.4, -0.2) is 15.0 Å². The Morgan fingerprint density at radius 1 is 0.833 bits per heavy atom. The van der Waals surface area contributed by atoms with E-state index >= 15 is 0 Å². The predicted octanol–water partition coefficient (Wildman–Crippen LogP) is 6.02. The summed E-state index contributed by atoms with van der Waals surface area (Å²) in [6.07, 6.45) is 3.57. The molecule has 0 aliphatic rings. The fourth-order valence-corrected chi connectivity index (χ4v) is 3.28. The molecule has 0 amide bonds. The molecule has 0 spiro atoms. The number of nitrogens with zero attached hydrogens (tertiary/aromatic N) is 3. The summed E-state index contributed by atoms with van der Waals surface area (Å²) < 4.78 is 0. The second-order valence-corrected chi connectivity index (χ2v) is 7.40. The second kappa shape index (κ2) is 9.18. The molecule has 2 N–H and O–H groups in total. The van der Waals surface area contributed by atoms with Crippen LogP contribution in [0.4, 0.5) is 17.5 Å². The highest BCUT2D eigenvalue weighted by atomic mass is 15.1. The average Bonchev–Trinajstić information content (AvgIpc) is 2.79. The lowest BCUT2D eigenvalue weighted by Gasteiger charge is -2.16. The summed E-state index contributed by atoms with van der Waals surface area (Å²) in [7, 11) is 0. The number of hydrogen-bond donors (Lipinski definition) is 2. The fourth-order valence-electron chi connectivity index (χ4n) is 3.28. The molecule has 30 heavy (non-hydrogen) atoms. The molecule has 0 bridgehead atoms. The van der Waals surface area contributed by atoms with E-state index in [1.807, 2.05) is 42.5 Å². The zero-order valence-electron chi connectivity index (χ0n) is 17.2. The van der Waals surface area contributed by atoms with Crippen molar-refractivity contribution in [2.45, 2.75) is 26.3 Å². The Bertz CT molecular complexity index is 1090. The molecule has 0 radical (unpaired) electrons. The lowest BCUT2D eigenvalue weighted by atomic mass is 10.0. The number of anilines is 3. The van der Waals surface area contributed by atoms with E-state index < -0.39 is 0 Å². The van der Waals surface area contributed by atoms with Crippen molar-refractivity contribution in [2.24, 2.45) is 0 Å². The molecule has 4 aromatic rings. The highest BCUT2D eigenvalue weighted by Crippen LogP contribution is 2.28. The standard InChI is InChI=1S/C25H25N5/c1-18(2)21-10-6-7-11-22(21)28-24-16-23(20-8-4-3-5-9-20)29-25(30-24)27-17-19-12-14-26-15-13-19/h3-16,18H,17H2,1-2H3,(H2,27,28,29,30). The molecule has 0 atom stereocenters. The van der Waals surface area contributed by atoms with Gasteiger partial charge in [-0.2, -0.15) is 4.98 Å². The van der Waals surface area contributed by atoms with Crippen LogP contribution in [0, 0.1) is 0 Å². The molecule has 150 valence electrons. The van der Waals surface area contributed by atoms with Gasteiger partial charge in [-0.1, -0.05) is 62.4 Å². The number of hydrogen-bond acceptors (Lipinski definition) is 5. The number of para-hydroxylation sites is 1. The summed E-state index contributed by atoms with van der Waals surface area (Å²) in [5.74, 6) is 1.75. The lowest BCUT2D eigenvalue weighted by molar-refractivity contribution is 0.869. The van der Waals surface area contributed by atoms with Crippen LogP contribution in [-0.2, 0) is 6.54 Å². The maximum atomic E-state index is 4.74. The summed E-state index contributed by atoms with van der Waals surface area (Å²) >= 11 is 0. The molecule has 5 nitrogen and oxygen atoms in total. The van der Waals surface area contributed by atoms with Gasteiger partial charge in [0.15, 0.2) is 0 Å². The van der Waals surface area contributed by atoms with E-state index in [1.54, 1.807) is 12.4 Å². The van der Waals surface area contributed by atoms with Crippen LogP contribution in [0.15, 0.2) is 85.2 Å². The van der Waals surface area contributed by atoms with Gasteiger partial charge in [-0.3, -0.25) is 4.98 Å². The summed E-state index contributed by atoms with van der Waals surface area (Å²) in [6, 6.07) is 24.4. The molecule has 0 saturated carbocycles. The van der Waals surface area contributed by atoms with Crippen LogP contribution in [0.1, 0.15) is 30.9 Å². The maximum absolute atomic E-state index is 4.74. The monoisotopic (exact) mass is 395 g/mol. The molecule has 2 aromatic heterocycles. The quantitative estimate of drug-likeness (QED) is 0.401. The van der Waals surface area contributed by atoms with Crippen LogP contribution in [0.3, 0.4) is 0 Å². The molecule has 0 fully saturated rings. The summed E-state index contributed by atoms with van der Waals surface area (Å²) in [6.45, 7) is 5.01. The van der Waals surface area contributed by atoms with Crippen molar-refractivity contribution in [3.63, 3.8) is 0 Å². The molecule has 0 aliphatic carbocycles. The van der Waals surface area contributed by atoms with Crippen molar-refractivity contribution in [2.75, 3.05) is 10.6 Å². The van der Waals surface area contributed by atoms with Crippen LogP contribution in [0.2, 0.25) is 0 Å². The smallest absolute Gasteiger partial charge is 0.225 e. The number of nitrogens with one attached hydrogen (secondary N) is 2. The first-order chi connectivity index (χ1) is 14.7. The minimum Gasteiger partial charge on any atom is -0.350 e. The molecule has 0 unspecified atom stereocenters. The van der Waals surface area contributed by atoms with E-state index in [1.165, 1.54) is 5.56 Å². The number of rotatable bonds is 7. The second-order valence-electron chi connectivity index (χ2n) is 7.40. The van der Waals surface area contributed by atoms with Crippen LogP contribution < -0.4 is 10.6 Å². The van der Waals surface area contributed by atoms with Crippen LogP contribution >= 0.6 is 0 Å². The van der Waals surface area contributed by atoms with Crippen LogP contribution in [0.25, 0.3) is 11.3 Å². The summed E-state index contributed by atoms with van der Waals surface area (Å²) in [5.41, 5.74) is 5.35. The van der Waals surface area contributed by atoms with E-state index in [-0.39, 0.29) is 0 Å². The lowest BCUT2D eigenvalue weighted by Crippen LogP contribution is -2.07. The Morgan fingerprint density at radius 2 is 1.57 bits per heavy atom. The Labute approximate surface area is 177 Å². The minimum absolute atomic E-state index is 0.411. The maximum Gasteiger partial charge on any atom is 0.225 e. The zero-order valence-corrected chi connectivity index (χ0v) is 17.2. The van der Waals surface area contributed by atoms with Crippen molar-refractivity contribution in [1.82, 2.24) is 15.0 Å². The van der Waals surface area contributed by atoms with E-state index in [4.69, 9.17) is 9.97 Å². The third-order valence-corrected chi connectivity index (χ3v) is 4.84. The third-order valence-electron chi connectivity index (χ3n) is 4.84. The Kier molecular flexibility index (Phi) is 5.99. The van der Waals surface area contributed by atoms with E-state index in [0.717, 1.165) is 28.3 Å². The largest absolute Gasteiger partial charge is 0.350 e. The molecule has 5 heteroatoms. The van der Waals surface area contributed by atoms with Gasteiger partial charge in [0.2, 0.25) is 5.95 Å².